The summed E-state index contributed by atoms with van der Waals surface area (Å²) in [5.74, 6) is -0.635. The van der Waals surface area contributed by atoms with Crippen molar-refractivity contribution in [3.05, 3.63) is 35.9 Å². The first-order valence-corrected chi connectivity index (χ1v) is 7.02. The Balaban J connectivity index is 1.89. The van der Waals surface area contributed by atoms with Crippen molar-refractivity contribution in [1.29, 1.82) is 0 Å². The fraction of sp³-hybridized carbons (Fsp3) is 0.400. The third-order valence-corrected chi connectivity index (χ3v) is 3.68. The van der Waals surface area contributed by atoms with E-state index >= 15 is 0 Å². The Morgan fingerprint density at radius 2 is 1.95 bits per heavy atom. The molecular formula is C15H19N3O4. The van der Waals surface area contributed by atoms with Crippen LogP contribution in [0.3, 0.4) is 0 Å². The molecule has 2 rings (SSSR count). The Kier molecular flexibility index (Phi) is 4.65. The number of ether oxygens (including phenoxy) is 1. The lowest BCUT2D eigenvalue weighted by Crippen LogP contribution is -2.58. The van der Waals surface area contributed by atoms with E-state index in [1.54, 1.807) is 13.8 Å². The van der Waals surface area contributed by atoms with Crippen molar-refractivity contribution in [3.8, 4) is 0 Å². The van der Waals surface area contributed by atoms with E-state index in [2.05, 4.69) is 16.0 Å². The lowest BCUT2D eigenvalue weighted by molar-refractivity contribution is -0.125. The van der Waals surface area contributed by atoms with Crippen molar-refractivity contribution in [1.82, 2.24) is 16.0 Å². The SMILES string of the molecule is CC(C)C1(CNC(=O)OCc2ccccc2)NC(=O)NC1=O. The van der Waals surface area contributed by atoms with Crippen LogP contribution in [0.1, 0.15) is 19.4 Å². The van der Waals surface area contributed by atoms with Crippen molar-refractivity contribution >= 4 is 18.0 Å². The number of carbonyl (C=O) groups is 3. The van der Waals surface area contributed by atoms with Gasteiger partial charge in [0, 0.05) is 0 Å². The molecule has 4 amide bonds. The van der Waals surface area contributed by atoms with Crippen LogP contribution in [0.5, 0.6) is 0 Å². The van der Waals surface area contributed by atoms with Crippen LogP contribution in [0.25, 0.3) is 0 Å². The van der Waals surface area contributed by atoms with Crippen LogP contribution in [0.15, 0.2) is 30.3 Å². The van der Waals surface area contributed by atoms with E-state index in [0.717, 1.165) is 5.56 Å². The monoisotopic (exact) mass is 305 g/mol. The molecule has 1 aromatic carbocycles. The van der Waals surface area contributed by atoms with Gasteiger partial charge in [0.1, 0.15) is 12.1 Å². The summed E-state index contributed by atoms with van der Waals surface area (Å²) < 4.78 is 5.08. The van der Waals surface area contributed by atoms with E-state index in [1.165, 1.54) is 0 Å². The summed E-state index contributed by atoms with van der Waals surface area (Å²) in [6, 6.07) is 8.70. The Bertz CT molecular complexity index is 573. The molecule has 7 nitrogen and oxygen atoms in total. The lowest BCUT2D eigenvalue weighted by atomic mass is 9.86. The number of rotatable bonds is 5. The van der Waals surface area contributed by atoms with Crippen LogP contribution in [-0.4, -0.2) is 30.1 Å². The van der Waals surface area contributed by atoms with Crippen LogP contribution in [0, 0.1) is 5.92 Å². The first kappa shape index (κ1) is 15.8. The van der Waals surface area contributed by atoms with E-state index in [9.17, 15) is 14.4 Å². The molecule has 1 atom stereocenters. The van der Waals surface area contributed by atoms with E-state index in [1.807, 2.05) is 30.3 Å². The highest BCUT2D eigenvalue weighted by Gasteiger charge is 2.48. The fourth-order valence-corrected chi connectivity index (χ4v) is 2.23. The smallest absolute Gasteiger partial charge is 0.407 e. The van der Waals surface area contributed by atoms with Crippen LogP contribution in [0.4, 0.5) is 9.59 Å². The zero-order valence-electron chi connectivity index (χ0n) is 12.5. The molecule has 22 heavy (non-hydrogen) atoms. The van der Waals surface area contributed by atoms with Crippen molar-refractivity contribution in [2.24, 2.45) is 5.92 Å². The number of imide groups is 1. The molecule has 1 unspecified atom stereocenters. The van der Waals surface area contributed by atoms with Gasteiger partial charge in [-0.25, -0.2) is 9.59 Å². The molecule has 3 N–H and O–H groups in total. The first-order chi connectivity index (χ1) is 10.4. The molecule has 118 valence electrons. The molecule has 1 heterocycles. The minimum absolute atomic E-state index is 0.0319. The van der Waals surface area contributed by atoms with Crippen LogP contribution < -0.4 is 16.0 Å². The highest BCUT2D eigenvalue weighted by atomic mass is 16.5. The molecular weight excluding hydrogens is 286 g/mol. The minimum Gasteiger partial charge on any atom is -0.445 e. The van der Waals surface area contributed by atoms with Gasteiger partial charge in [0.25, 0.3) is 5.91 Å². The second kappa shape index (κ2) is 6.46. The van der Waals surface area contributed by atoms with Gasteiger partial charge in [-0.1, -0.05) is 44.2 Å². The summed E-state index contributed by atoms with van der Waals surface area (Å²) >= 11 is 0. The van der Waals surface area contributed by atoms with E-state index in [4.69, 9.17) is 4.74 Å². The summed E-state index contributed by atoms with van der Waals surface area (Å²) in [5.41, 5.74) is -0.286. The van der Waals surface area contributed by atoms with Gasteiger partial charge in [-0.05, 0) is 11.5 Å². The first-order valence-electron chi connectivity index (χ1n) is 7.02. The van der Waals surface area contributed by atoms with Crippen molar-refractivity contribution in [3.63, 3.8) is 0 Å². The maximum Gasteiger partial charge on any atom is 0.407 e. The Hall–Kier alpha value is -2.57. The summed E-state index contributed by atoms with van der Waals surface area (Å²) in [5, 5.41) is 7.30. The molecule has 0 aromatic heterocycles. The molecule has 1 aliphatic rings. The van der Waals surface area contributed by atoms with Gasteiger partial charge in [-0.15, -0.1) is 0 Å². The molecule has 1 aliphatic heterocycles. The normalized spacial score (nSPS) is 20.5. The standard InChI is InChI=1S/C15H19N3O4/c1-10(2)15(12(19)17-13(20)18-15)9-16-14(21)22-8-11-6-4-3-5-7-11/h3-7,10H,8-9H2,1-2H3,(H,16,21)(H2,17,18,19,20). The second-order valence-corrected chi connectivity index (χ2v) is 5.45. The number of amides is 4. The predicted octanol–water partition coefficient (Wildman–Crippen LogP) is 1.15. The molecule has 0 bridgehead atoms. The number of carbonyl (C=O) groups excluding carboxylic acids is 3. The molecule has 7 heteroatoms. The number of nitrogens with one attached hydrogen (secondary N) is 3. The van der Waals surface area contributed by atoms with Crippen molar-refractivity contribution in [2.75, 3.05) is 6.54 Å². The number of hydrogen-bond donors (Lipinski definition) is 3. The largest absolute Gasteiger partial charge is 0.445 e. The van der Waals surface area contributed by atoms with Crippen molar-refractivity contribution < 1.29 is 19.1 Å². The molecule has 1 saturated heterocycles. The van der Waals surface area contributed by atoms with E-state index < -0.39 is 23.6 Å². The summed E-state index contributed by atoms with van der Waals surface area (Å²) in [7, 11) is 0. The highest BCUT2D eigenvalue weighted by molar-refractivity contribution is 6.07. The number of alkyl carbamates (subject to hydrolysis) is 1. The van der Waals surface area contributed by atoms with Crippen molar-refractivity contribution in [2.45, 2.75) is 26.0 Å². The quantitative estimate of drug-likeness (QED) is 0.711. The van der Waals surface area contributed by atoms with Crippen LogP contribution >= 0.6 is 0 Å². The molecule has 0 spiro atoms. The van der Waals surface area contributed by atoms with Gasteiger partial charge in [-0.2, -0.15) is 0 Å². The zero-order chi connectivity index (χ0) is 16.2. The summed E-state index contributed by atoms with van der Waals surface area (Å²) in [6.07, 6.45) is -0.641. The third-order valence-electron chi connectivity index (χ3n) is 3.68. The van der Waals surface area contributed by atoms with Gasteiger partial charge in [0.05, 0.1) is 6.54 Å². The zero-order valence-corrected chi connectivity index (χ0v) is 12.5. The highest BCUT2D eigenvalue weighted by Crippen LogP contribution is 2.20. The minimum atomic E-state index is -1.15. The van der Waals surface area contributed by atoms with E-state index in [-0.39, 0.29) is 19.1 Å². The van der Waals surface area contributed by atoms with Gasteiger partial charge in [0.2, 0.25) is 0 Å². The lowest BCUT2D eigenvalue weighted by Gasteiger charge is -2.30. The van der Waals surface area contributed by atoms with E-state index in [0.29, 0.717) is 0 Å². The average molecular weight is 305 g/mol. The Morgan fingerprint density at radius 3 is 2.50 bits per heavy atom. The second-order valence-electron chi connectivity index (χ2n) is 5.45. The molecule has 0 radical (unpaired) electrons. The number of benzene rings is 1. The molecule has 1 aromatic rings. The predicted molar refractivity (Wildman–Crippen MR) is 78.9 cm³/mol. The third kappa shape index (κ3) is 3.36. The molecule has 0 aliphatic carbocycles. The Morgan fingerprint density at radius 1 is 1.27 bits per heavy atom. The van der Waals surface area contributed by atoms with Crippen LogP contribution in [0.2, 0.25) is 0 Å². The molecule has 1 fully saturated rings. The van der Waals surface area contributed by atoms with Gasteiger partial charge < -0.3 is 15.4 Å². The van der Waals surface area contributed by atoms with Gasteiger partial charge >= 0.3 is 12.1 Å². The fourth-order valence-electron chi connectivity index (χ4n) is 2.23. The van der Waals surface area contributed by atoms with Gasteiger partial charge in [0.15, 0.2) is 0 Å². The molecule has 0 saturated carbocycles. The summed E-state index contributed by atoms with van der Waals surface area (Å²) in [6.45, 7) is 3.69. The summed E-state index contributed by atoms with van der Waals surface area (Å²) in [4.78, 5) is 35.0. The number of hydrogen-bond acceptors (Lipinski definition) is 4. The number of urea groups is 1. The van der Waals surface area contributed by atoms with Gasteiger partial charge in [-0.3, -0.25) is 10.1 Å². The van der Waals surface area contributed by atoms with Crippen LogP contribution in [-0.2, 0) is 16.1 Å². The topological polar surface area (TPSA) is 96.5 Å². The average Bonchev–Trinajstić information content (AvgIpc) is 2.79. The maximum atomic E-state index is 12.0. The maximum absolute atomic E-state index is 12.0. The Labute approximate surface area is 128 Å².